The molecule has 1 N–H and O–H groups in total. The number of carbonyl (C=O) groups is 1. The Kier molecular flexibility index (Phi) is 4.63. The van der Waals surface area contributed by atoms with E-state index in [1.54, 1.807) is 54.9 Å². The van der Waals surface area contributed by atoms with E-state index >= 15 is 0 Å². The predicted octanol–water partition coefficient (Wildman–Crippen LogP) is 4.70. The average Bonchev–Trinajstić information content (AvgIpc) is 3.19. The van der Waals surface area contributed by atoms with Gasteiger partial charge in [0.25, 0.3) is 11.8 Å². The van der Waals surface area contributed by atoms with E-state index in [1.165, 1.54) is 0 Å². The molecule has 27 heavy (non-hydrogen) atoms. The second-order valence-corrected chi connectivity index (χ2v) is 6.08. The molecule has 7 heteroatoms. The fourth-order valence-electron chi connectivity index (χ4n) is 2.50. The van der Waals surface area contributed by atoms with Crippen LogP contribution in [-0.2, 0) is 0 Å². The third kappa shape index (κ3) is 3.70. The van der Waals surface area contributed by atoms with Gasteiger partial charge in [-0.25, -0.2) is 0 Å². The molecule has 0 radical (unpaired) electrons. The monoisotopic (exact) mass is 376 g/mol. The molecule has 0 spiro atoms. The average molecular weight is 377 g/mol. The van der Waals surface area contributed by atoms with Crippen LogP contribution < -0.4 is 5.32 Å². The molecule has 4 rings (SSSR count). The van der Waals surface area contributed by atoms with E-state index in [2.05, 4.69) is 20.4 Å². The van der Waals surface area contributed by atoms with E-state index < -0.39 is 0 Å². The summed E-state index contributed by atoms with van der Waals surface area (Å²) in [6.07, 6.45) is 3.15. The summed E-state index contributed by atoms with van der Waals surface area (Å²) in [7, 11) is 0. The van der Waals surface area contributed by atoms with Crippen LogP contribution in [0.15, 0.2) is 77.6 Å². The minimum absolute atomic E-state index is 0.205. The van der Waals surface area contributed by atoms with Crippen molar-refractivity contribution in [1.82, 2.24) is 15.1 Å². The Hall–Kier alpha value is -3.51. The van der Waals surface area contributed by atoms with Crippen molar-refractivity contribution in [3.63, 3.8) is 0 Å². The first-order valence-electron chi connectivity index (χ1n) is 8.11. The molecule has 0 saturated heterocycles. The third-order valence-corrected chi connectivity index (χ3v) is 4.20. The SMILES string of the molecule is O=C(Nc1ccc(-c2nc(-c3ccccc3Cl)no2)cc1)c1ccncc1. The largest absolute Gasteiger partial charge is 0.334 e. The first-order chi connectivity index (χ1) is 13.2. The van der Waals surface area contributed by atoms with Gasteiger partial charge >= 0.3 is 0 Å². The zero-order valence-electron chi connectivity index (χ0n) is 14.0. The highest BCUT2D eigenvalue weighted by Gasteiger charge is 2.13. The quantitative estimate of drug-likeness (QED) is 0.558. The maximum atomic E-state index is 12.2. The van der Waals surface area contributed by atoms with Crippen LogP contribution in [0.25, 0.3) is 22.8 Å². The second-order valence-electron chi connectivity index (χ2n) is 5.67. The minimum atomic E-state index is -0.205. The Bertz CT molecular complexity index is 1080. The van der Waals surface area contributed by atoms with E-state index in [-0.39, 0.29) is 5.91 Å². The lowest BCUT2D eigenvalue weighted by Gasteiger charge is -2.05. The number of halogens is 1. The summed E-state index contributed by atoms with van der Waals surface area (Å²) < 4.78 is 5.34. The zero-order chi connectivity index (χ0) is 18.6. The van der Waals surface area contributed by atoms with Crippen LogP contribution >= 0.6 is 11.6 Å². The van der Waals surface area contributed by atoms with Crippen molar-refractivity contribution >= 4 is 23.2 Å². The molecule has 0 unspecified atom stereocenters. The minimum Gasteiger partial charge on any atom is -0.334 e. The molecule has 132 valence electrons. The van der Waals surface area contributed by atoms with Crippen molar-refractivity contribution in [3.8, 4) is 22.8 Å². The maximum absolute atomic E-state index is 12.2. The number of carbonyl (C=O) groups excluding carboxylic acids is 1. The van der Waals surface area contributed by atoms with Gasteiger partial charge in [-0.15, -0.1) is 0 Å². The van der Waals surface area contributed by atoms with Gasteiger partial charge in [-0.05, 0) is 48.5 Å². The van der Waals surface area contributed by atoms with Crippen molar-refractivity contribution in [2.45, 2.75) is 0 Å². The number of pyridine rings is 1. The van der Waals surface area contributed by atoms with Gasteiger partial charge in [-0.1, -0.05) is 28.9 Å². The Balaban J connectivity index is 1.51. The number of anilines is 1. The summed E-state index contributed by atoms with van der Waals surface area (Å²) in [4.78, 5) is 20.5. The van der Waals surface area contributed by atoms with E-state index in [4.69, 9.17) is 16.1 Å². The number of hydrogen-bond acceptors (Lipinski definition) is 5. The van der Waals surface area contributed by atoms with Crippen molar-refractivity contribution in [2.75, 3.05) is 5.32 Å². The van der Waals surface area contributed by atoms with Gasteiger partial charge in [0.1, 0.15) is 0 Å². The van der Waals surface area contributed by atoms with E-state index in [0.29, 0.717) is 33.6 Å². The Morgan fingerprint density at radius 3 is 2.44 bits per heavy atom. The van der Waals surface area contributed by atoms with Gasteiger partial charge in [0.2, 0.25) is 5.82 Å². The summed E-state index contributed by atoms with van der Waals surface area (Å²) in [5, 5.41) is 7.37. The van der Waals surface area contributed by atoms with Gasteiger partial charge < -0.3 is 9.84 Å². The molecule has 0 aliphatic carbocycles. The highest BCUT2D eigenvalue weighted by Crippen LogP contribution is 2.28. The molecule has 0 saturated carbocycles. The van der Waals surface area contributed by atoms with E-state index in [9.17, 15) is 4.79 Å². The lowest BCUT2D eigenvalue weighted by Crippen LogP contribution is -2.11. The van der Waals surface area contributed by atoms with Crippen LogP contribution in [0.3, 0.4) is 0 Å². The molecule has 4 aromatic rings. The Morgan fingerprint density at radius 2 is 1.70 bits per heavy atom. The molecule has 1 amide bonds. The first kappa shape index (κ1) is 16.9. The molecule has 0 atom stereocenters. The number of hydrogen-bond donors (Lipinski definition) is 1. The summed E-state index contributed by atoms with van der Waals surface area (Å²) in [6, 6.07) is 17.7. The van der Waals surface area contributed by atoms with Crippen molar-refractivity contribution < 1.29 is 9.32 Å². The van der Waals surface area contributed by atoms with E-state index in [0.717, 1.165) is 5.56 Å². The molecule has 0 bridgehead atoms. The lowest BCUT2D eigenvalue weighted by molar-refractivity contribution is 0.102. The Morgan fingerprint density at radius 1 is 0.963 bits per heavy atom. The Labute approximate surface area is 159 Å². The molecular weight excluding hydrogens is 364 g/mol. The zero-order valence-corrected chi connectivity index (χ0v) is 14.7. The molecule has 2 aromatic carbocycles. The predicted molar refractivity (Wildman–Crippen MR) is 102 cm³/mol. The van der Waals surface area contributed by atoms with Crippen LogP contribution in [0, 0.1) is 0 Å². The highest BCUT2D eigenvalue weighted by atomic mass is 35.5. The molecule has 0 aliphatic rings. The topological polar surface area (TPSA) is 80.9 Å². The molecule has 6 nitrogen and oxygen atoms in total. The van der Waals surface area contributed by atoms with Crippen molar-refractivity contribution in [2.24, 2.45) is 0 Å². The lowest BCUT2D eigenvalue weighted by atomic mass is 10.2. The second kappa shape index (κ2) is 7.39. The third-order valence-electron chi connectivity index (χ3n) is 3.87. The number of nitrogens with one attached hydrogen (secondary N) is 1. The first-order valence-corrected chi connectivity index (χ1v) is 8.49. The van der Waals surface area contributed by atoms with Crippen LogP contribution in [0.5, 0.6) is 0 Å². The number of aromatic nitrogens is 3. The highest BCUT2D eigenvalue weighted by molar-refractivity contribution is 6.33. The van der Waals surface area contributed by atoms with Gasteiger partial charge in [0.05, 0.1) is 5.02 Å². The summed E-state index contributed by atoms with van der Waals surface area (Å²) in [5.41, 5.74) is 2.64. The smallest absolute Gasteiger partial charge is 0.258 e. The molecule has 0 aliphatic heterocycles. The van der Waals surface area contributed by atoms with Gasteiger partial charge in [-0.3, -0.25) is 9.78 Å². The number of amides is 1. The van der Waals surface area contributed by atoms with Crippen LogP contribution in [-0.4, -0.2) is 21.0 Å². The number of benzene rings is 2. The number of nitrogens with zero attached hydrogens (tertiary/aromatic N) is 3. The van der Waals surface area contributed by atoms with E-state index in [1.807, 2.05) is 18.2 Å². The summed E-state index contributed by atoms with van der Waals surface area (Å²) in [5.74, 6) is 0.589. The van der Waals surface area contributed by atoms with Gasteiger partial charge in [0, 0.05) is 34.8 Å². The van der Waals surface area contributed by atoms with Gasteiger partial charge in [-0.2, -0.15) is 4.98 Å². The van der Waals surface area contributed by atoms with Crippen molar-refractivity contribution in [1.29, 1.82) is 0 Å². The summed E-state index contributed by atoms with van der Waals surface area (Å²) in [6.45, 7) is 0. The normalized spacial score (nSPS) is 10.6. The van der Waals surface area contributed by atoms with Crippen molar-refractivity contribution in [3.05, 3.63) is 83.6 Å². The molecule has 2 aromatic heterocycles. The molecular formula is C20H13ClN4O2. The van der Waals surface area contributed by atoms with Crippen LogP contribution in [0.4, 0.5) is 5.69 Å². The van der Waals surface area contributed by atoms with Gasteiger partial charge in [0.15, 0.2) is 0 Å². The van der Waals surface area contributed by atoms with Crippen LogP contribution in [0.2, 0.25) is 5.02 Å². The van der Waals surface area contributed by atoms with Crippen LogP contribution in [0.1, 0.15) is 10.4 Å². The molecule has 0 fully saturated rings. The maximum Gasteiger partial charge on any atom is 0.258 e. The fourth-order valence-corrected chi connectivity index (χ4v) is 2.72. The number of rotatable bonds is 4. The fraction of sp³-hybridized carbons (Fsp3) is 0. The standard InChI is InChI=1S/C20H13ClN4O2/c21-17-4-2-1-3-16(17)18-24-20(27-25-18)14-5-7-15(8-6-14)23-19(26)13-9-11-22-12-10-13/h1-12H,(H,23,26). The molecule has 2 heterocycles. The summed E-state index contributed by atoms with van der Waals surface area (Å²) >= 11 is 6.17.